The molecule has 26 heavy (non-hydrogen) atoms. The summed E-state index contributed by atoms with van der Waals surface area (Å²) in [4.78, 5) is 17.0. The van der Waals surface area contributed by atoms with E-state index >= 15 is 0 Å². The SMILES string of the molecule is Cc1cc(C)cc(OCC(=O)Nc2ccccc2N2CCN(C)CC2)c1. The maximum Gasteiger partial charge on any atom is 0.262 e. The van der Waals surface area contributed by atoms with Crippen LogP contribution in [0.3, 0.4) is 0 Å². The second kappa shape index (κ2) is 8.23. The van der Waals surface area contributed by atoms with Gasteiger partial charge < -0.3 is 19.9 Å². The fourth-order valence-corrected chi connectivity index (χ4v) is 3.25. The number of amides is 1. The smallest absolute Gasteiger partial charge is 0.262 e. The molecule has 1 aliphatic heterocycles. The number of carbonyl (C=O) groups is 1. The van der Waals surface area contributed by atoms with Gasteiger partial charge in [0.15, 0.2) is 6.61 Å². The van der Waals surface area contributed by atoms with E-state index < -0.39 is 0 Å². The second-order valence-electron chi connectivity index (χ2n) is 6.97. The summed E-state index contributed by atoms with van der Waals surface area (Å²) < 4.78 is 5.67. The number of piperazine rings is 1. The summed E-state index contributed by atoms with van der Waals surface area (Å²) in [5, 5.41) is 3.00. The molecule has 1 saturated heterocycles. The highest BCUT2D eigenvalue weighted by Crippen LogP contribution is 2.26. The van der Waals surface area contributed by atoms with E-state index in [-0.39, 0.29) is 12.5 Å². The average Bonchev–Trinajstić information content (AvgIpc) is 2.61. The van der Waals surface area contributed by atoms with Crippen LogP contribution in [-0.2, 0) is 4.79 Å². The predicted octanol–water partition coefficient (Wildman–Crippen LogP) is 3.07. The van der Waals surface area contributed by atoms with E-state index in [1.54, 1.807) is 0 Å². The van der Waals surface area contributed by atoms with Gasteiger partial charge in [0, 0.05) is 26.2 Å². The van der Waals surface area contributed by atoms with E-state index in [4.69, 9.17) is 4.74 Å². The minimum atomic E-state index is -0.147. The lowest BCUT2D eigenvalue weighted by Crippen LogP contribution is -2.44. The first kappa shape index (κ1) is 18.3. The Bertz CT molecular complexity index is 747. The van der Waals surface area contributed by atoms with E-state index in [0.29, 0.717) is 0 Å². The molecule has 2 aromatic rings. The Kier molecular flexibility index (Phi) is 5.78. The van der Waals surface area contributed by atoms with Crippen molar-refractivity contribution in [2.45, 2.75) is 13.8 Å². The first-order chi connectivity index (χ1) is 12.5. The molecule has 1 amide bonds. The molecule has 2 aromatic carbocycles. The van der Waals surface area contributed by atoms with Crippen LogP contribution in [0.1, 0.15) is 11.1 Å². The van der Waals surface area contributed by atoms with Crippen molar-refractivity contribution in [2.75, 3.05) is 50.1 Å². The maximum atomic E-state index is 12.4. The standard InChI is InChI=1S/C21H27N3O2/c1-16-12-17(2)14-18(13-16)26-15-21(25)22-19-6-4-5-7-20(19)24-10-8-23(3)9-11-24/h4-7,12-14H,8-11,15H2,1-3H3,(H,22,25). The number of ether oxygens (including phenoxy) is 1. The van der Waals surface area contributed by atoms with Crippen molar-refractivity contribution >= 4 is 17.3 Å². The van der Waals surface area contributed by atoms with Gasteiger partial charge in [0.2, 0.25) is 0 Å². The molecule has 0 atom stereocenters. The molecule has 0 radical (unpaired) electrons. The average molecular weight is 353 g/mol. The number of hydrogen-bond acceptors (Lipinski definition) is 4. The summed E-state index contributed by atoms with van der Waals surface area (Å²) in [6.45, 7) is 8.01. The van der Waals surface area contributed by atoms with Gasteiger partial charge in [-0.15, -0.1) is 0 Å². The zero-order valence-corrected chi connectivity index (χ0v) is 15.8. The number of nitrogens with zero attached hydrogens (tertiary/aromatic N) is 2. The number of para-hydroxylation sites is 2. The summed E-state index contributed by atoms with van der Waals surface area (Å²) in [6.07, 6.45) is 0. The predicted molar refractivity (Wildman–Crippen MR) is 106 cm³/mol. The molecule has 1 aliphatic rings. The van der Waals surface area contributed by atoms with Crippen molar-refractivity contribution in [1.29, 1.82) is 0 Å². The van der Waals surface area contributed by atoms with Crippen LogP contribution in [0.25, 0.3) is 0 Å². The van der Waals surface area contributed by atoms with Crippen LogP contribution in [0.5, 0.6) is 5.75 Å². The fraction of sp³-hybridized carbons (Fsp3) is 0.381. The Morgan fingerprint density at radius 3 is 2.38 bits per heavy atom. The van der Waals surface area contributed by atoms with Crippen LogP contribution in [0, 0.1) is 13.8 Å². The highest BCUT2D eigenvalue weighted by atomic mass is 16.5. The van der Waals surface area contributed by atoms with Gasteiger partial charge in [-0.2, -0.15) is 0 Å². The molecule has 0 unspecified atom stereocenters. The van der Waals surface area contributed by atoms with Crippen molar-refractivity contribution in [3.8, 4) is 5.75 Å². The molecular formula is C21H27N3O2. The molecule has 1 N–H and O–H groups in total. The molecule has 0 aromatic heterocycles. The Balaban J connectivity index is 1.62. The summed E-state index contributed by atoms with van der Waals surface area (Å²) in [5.41, 5.74) is 4.16. The Morgan fingerprint density at radius 1 is 1.04 bits per heavy atom. The molecule has 138 valence electrons. The quantitative estimate of drug-likeness (QED) is 0.897. The third-order valence-corrected chi connectivity index (χ3v) is 4.59. The molecule has 1 fully saturated rings. The van der Waals surface area contributed by atoms with E-state index in [9.17, 15) is 4.79 Å². The molecule has 5 nitrogen and oxygen atoms in total. The van der Waals surface area contributed by atoms with Crippen LogP contribution in [0.2, 0.25) is 0 Å². The van der Waals surface area contributed by atoms with Crippen LogP contribution >= 0.6 is 0 Å². The van der Waals surface area contributed by atoms with Gasteiger partial charge >= 0.3 is 0 Å². The highest BCUT2D eigenvalue weighted by molar-refractivity contribution is 5.95. The normalized spacial score (nSPS) is 15.0. The third kappa shape index (κ3) is 4.76. The lowest BCUT2D eigenvalue weighted by molar-refractivity contribution is -0.118. The number of benzene rings is 2. The maximum absolute atomic E-state index is 12.4. The number of rotatable bonds is 5. The third-order valence-electron chi connectivity index (χ3n) is 4.59. The van der Waals surface area contributed by atoms with E-state index in [0.717, 1.165) is 54.4 Å². The van der Waals surface area contributed by atoms with E-state index in [2.05, 4.69) is 34.3 Å². The number of nitrogens with one attached hydrogen (secondary N) is 1. The fourth-order valence-electron chi connectivity index (χ4n) is 3.25. The second-order valence-corrected chi connectivity index (χ2v) is 6.97. The molecular weight excluding hydrogens is 326 g/mol. The summed E-state index contributed by atoms with van der Waals surface area (Å²) in [7, 11) is 2.13. The number of hydrogen-bond donors (Lipinski definition) is 1. The number of likely N-dealkylation sites (N-methyl/N-ethyl adjacent to an activating group) is 1. The molecule has 0 saturated carbocycles. The van der Waals surface area contributed by atoms with Crippen molar-refractivity contribution in [2.24, 2.45) is 0 Å². The summed E-state index contributed by atoms with van der Waals surface area (Å²) in [5.74, 6) is 0.579. The Hall–Kier alpha value is -2.53. The Labute approximate surface area is 155 Å². The van der Waals surface area contributed by atoms with Gasteiger partial charge in [0.1, 0.15) is 5.75 Å². The minimum absolute atomic E-state index is 0.0000343. The highest BCUT2D eigenvalue weighted by Gasteiger charge is 2.17. The number of aryl methyl sites for hydroxylation is 2. The van der Waals surface area contributed by atoms with Gasteiger partial charge in [0.05, 0.1) is 11.4 Å². The van der Waals surface area contributed by atoms with Crippen LogP contribution in [0.4, 0.5) is 11.4 Å². The molecule has 5 heteroatoms. The van der Waals surface area contributed by atoms with Gasteiger partial charge in [-0.05, 0) is 56.3 Å². The molecule has 0 bridgehead atoms. The van der Waals surface area contributed by atoms with Crippen molar-refractivity contribution in [3.63, 3.8) is 0 Å². The van der Waals surface area contributed by atoms with Crippen LogP contribution in [-0.4, -0.2) is 50.6 Å². The monoisotopic (exact) mass is 353 g/mol. The Morgan fingerprint density at radius 2 is 1.69 bits per heavy atom. The zero-order valence-electron chi connectivity index (χ0n) is 15.8. The van der Waals surface area contributed by atoms with E-state index in [1.165, 1.54) is 0 Å². The van der Waals surface area contributed by atoms with E-state index in [1.807, 2.05) is 44.2 Å². The summed E-state index contributed by atoms with van der Waals surface area (Å²) >= 11 is 0. The largest absolute Gasteiger partial charge is 0.484 e. The molecule has 0 spiro atoms. The van der Waals surface area contributed by atoms with Gasteiger partial charge in [-0.25, -0.2) is 0 Å². The number of carbonyl (C=O) groups excluding carboxylic acids is 1. The first-order valence-corrected chi connectivity index (χ1v) is 9.05. The van der Waals surface area contributed by atoms with Crippen molar-refractivity contribution < 1.29 is 9.53 Å². The molecule has 3 rings (SSSR count). The van der Waals surface area contributed by atoms with Crippen LogP contribution < -0.4 is 15.0 Å². The lowest BCUT2D eigenvalue weighted by atomic mass is 10.1. The molecule has 0 aliphatic carbocycles. The van der Waals surface area contributed by atoms with Gasteiger partial charge in [-0.3, -0.25) is 4.79 Å². The number of anilines is 2. The molecule has 1 heterocycles. The van der Waals surface area contributed by atoms with Gasteiger partial charge in [-0.1, -0.05) is 18.2 Å². The summed E-state index contributed by atoms with van der Waals surface area (Å²) in [6, 6.07) is 13.9. The van der Waals surface area contributed by atoms with Gasteiger partial charge in [0.25, 0.3) is 5.91 Å². The first-order valence-electron chi connectivity index (χ1n) is 9.05. The van der Waals surface area contributed by atoms with Crippen LogP contribution in [0.15, 0.2) is 42.5 Å². The van der Waals surface area contributed by atoms with Crippen molar-refractivity contribution in [3.05, 3.63) is 53.6 Å². The lowest BCUT2D eigenvalue weighted by Gasteiger charge is -2.35. The minimum Gasteiger partial charge on any atom is -0.484 e. The topological polar surface area (TPSA) is 44.8 Å². The van der Waals surface area contributed by atoms with Crippen molar-refractivity contribution in [1.82, 2.24) is 4.90 Å². The zero-order chi connectivity index (χ0) is 18.5.